The predicted octanol–water partition coefficient (Wildman–Crippen LogP) is 3.93. The molecule has 0 aliphatic heterocycles. The number of benzene rings is 2. The number of hydrogen-bond acceptors (Lipinski definition) is 4. The van der Waals surface area contributed by atoms with Crippen molar-refractivity contribution in [2.45, 2.75) is 40.3 Å². The Morgan fingerprint density at radius 1 is 1.03 bits per heavy atom. The molecule has 0 saturated carbocycles. The smallest absolute Gasteiger partial charge is 0.244 e. The fourth-order valence-corrected chi connectivity index (χ4v) is 4.60. The van der Waals surface area contributed by atoms with Crippen LogP contribution in [0.2, 0.25) is 10.0 Å². The topological polar surface area (TPSA) is 86.8 Å². The number of aryl methyl sites for hydroxylation is 2. The molecule has 1 atom stereocenters. The van der Waals surface area contributed by atoms with Crippen LogP contribution >= 0.6 is 23.2 Å². The Morgan fingerprint density at radius 2 is 1.64 bits per heavy atom. The van der Waals surface area contributed by atoms with Crippen molar-refractivity contribution in [1.82, 2.24) is 10.2 Å². The number of anilines is 1. The molecule has 0 aromatic heterocycles. The van der Waals surface area contributed by atoms with Crippen molar-refractivity contribution < 1.29 is 18.0 Å². The van der Waals surface area contributed by atoms with Crippen molar-refractivity contribution in [2.24, 2.45) is 0 Å². The summed E-state index contributed by atoms with van der Waals surface area (Å²) < 4.78 is 26.3. The quantitative estimate of drug-likeness (QED) is 0.550. The summed E-state index contributed by atoms with van der Waals surface area (Å²) in [5.41, 5.74) is 2.79. The Kier molecular flexibility index (Phi) is 9.17. The van der Waals surface area contributed by atoms with E-state index in [1.54, 1.807) is 44.2 Å². The van der Waals surface area contributed by atoms with Gasteiger partial charge < -0.3 is 10.2 Å². The van der Waals surface area contributed by atoms with E-state index in [0.717, 1.165) is 21.7 Å². The molecule has 180 valence electrons. The molecule has 7 nitrogen and oxygen atoms in total. The fourth-order valence-electron chi connectivity index (χ4n) is 3.45. The van der Waals surface area contributed by atoms with E-state index in [2.05, 4.69) is 5.32 Å². The summed E-state index contributed by atoms with van der Waals surface area (Å²) in [4.78, 5) is 27.3. The third kappa shape index (κ3) is 7.35. The van der Waals surface area contributed by atoms with E-state index < -0.39 is 28.5 Å². The monoisotopic (exact) mass is 513 g/mol. The standard InChI is InChI=1S/C23H29Cl2N3O4S/c1-6-26-23(30)17(4)27(13-18-7-8-20(24)21(25)12-18)22(29)14-28(33(5,31)32)19-10-15(2)9-16(3)11-19/h7-12,17H,6,13-14H2,1-5H3,(H,26,30)/t17-/m0/s1. The summed E-state index contributed by atoms with van der Waals surface area (Å²) in [6, 6.07) is 9.42. The zero-order chi connectivity index (χ0) is 24.9. The number of halogens is 2. The highest BCUT2D eigenvalue weighted by molar-refractivity contribution is 7.92. The molecule has 0 aliphatic carbocycles. The van der Waals surface area contributed by atoms with Crippen molar-refractivity contribution in [2.75, 3.05) is 23.7 Å². The molecule has 0 heterocycles. The number of carbonyl (C=O) groups is 2. The Labute approximate surface area is 205 Å². The lowest BCUT2D eigenvalue weighted by Gasteiger charge is -2.31. The summed E-state index contributed by atoms with van der Waals surface area (Å²) in [6.07, 6.45) is 1.05. The van der Waals surface area contributed by atoms with Crippen LogP contribution in [0.25, 0.3) is 0 Å². The third-order valence-corrected chi connectivity index (χ3v) is 6.91. The Bertz CT molecular complexity index is 1120. The number of hydrogen-bond donors (Lipinski definition) is 1. The van der Waals surface area contributed by atoms with Crippen LogP contribution in [-0.2, 0) is 26.2 Å². The maximum Gasteiger partial charge on any atom is 0.244 e. The van der Waals surface area contributed by atoms with E-state index in [1.165, 1.54) is 4.90 Å². The highest BCUT2D eigenvalue weighted by Gasteiger charge is 2.30. The second kappa shape index (κ2) is 11.2. The van der Waals surface area contributed by atoms with Gasteiger partial charge in [0.2, 0.25) is 21.8 Å². The molecule has 1 N–H and O–H groups in total. The van der Waals surface area contributed by atoms with Gasteiger partial charge >= 0.3 is 0 Å². The van der Waals surface area contributed by atoms with Crippen molar-refractivity contribution in [3.8, 4) is 0 Å². The molecule has 0 spiro atoms. The molecule has 0 fully saturated rings. The van der Waals surface area contributed by atoms with E-state index in [4.69, 9.17) is 23.2 Å². The molecular formula is C23H29Cl2N3O4S. The highest BCUT2D eigenvalue weighted by atomic mass is 35.5. The largest absolute Gasteiger partial charge is 0.355 e. The van der Waals surface area contributed by atoms with Gasteiger partial charge in [-0.2, -0.15) is 0 Å². The van der Waals surface area contributed by atoms with E-state index in [9.17, 15) is 18.0 Å². The molecule has 2 amide bonds. The van der Waals surface area contributed by atoms with Gasteiger partial charge in [-0.05, 0) is 68.7 Å². The first kappa shape index (κ1) is 27.0. The lowest BCUT2D eigenvalue weighted by molar-refractivity contribution is -0.139. The van der Waals surface area contributed by atoms with Gasteiger partial charge in [-0.1, -0.05) is 35.3 Å². The minimum atomic E-state index is -3.77. The van der Waals surface area contributed by atoms with Crippen LogP contribution < -0.4 is 9.62 Å². The van der Waals surface area contributed by atoms with Crippen molar-refractivity contribution in [1.29, 1.82) is 0 Å². The van der Waals surface area contributed by atoms with Gasteiger partial charge in [-0.15, -0.1) is 0 Å². The predicted molar refractivity (Wildman–Crippen MR) is 133 cm³/mol. The minimum absolute atomic E-state index is 0.0540. The average Bonchev–Trinajstić information content (AvgIpc) is 2.70. The van der Waals surface area contributed by atoms with E-state index in [0.29, 0.717) is 27.8 Å². The molecule has 33 heavy (non-hydrogen) atoms. The maximum atomic E-state index is 13.4. The number of sulfonamides is 1. The number of rotatable bonds is 9. The van der Waals surface area contributed by atoms with Crippen LogP contribution in [0.5, 0.6) is 0 Å². The Hall–Kier alpha value is -2.29. The van der Waals surface area contributed by atoms with Gasteiger partial charge in [0.15, 0.2) is 0 Å². The van der Waals surface area contributed by atoms with Gasteiger partial charge in [-0.3, -0.25) is 13.9 Å². The minimum Gasteiger partial charge on any atom is -0.355 e. The highest BCUT2D eigenvalue weighted by Crippen LogP contribution is 2.25. The summed E-state index contributed by atoms with van der Waals surface area (Å²) in [6.45, 7) is 7.09. The first-order chi connectivity index (χ1) is 15.3. The number of carbonyl (C=O) groups excluding carboxylic acids is 2. The normalized spacial score (nSPS) is 12.2. The summed E-state index contributed by atoms with van der Waals surface area (Å²) >= 11 is 12.1. The lowest BCUT2D eigenvalue weighted by atomic mass is 10.1. The zero-order valence-corrected chi connectivity index (χ0v) is 21.7. The molecule has 0 aliphatic rings. The van der Waals surface area contributed by atoms with Gasteiger partial charge in [0.25, 0.3) is 0 Å². The molecule has 2 aromatic rings. The number of nitrogens with zero attached hydrogens (tertiary/aromatic N) is 2. The number of likely N-dealkylation sites (N-methyl/N-ethyl adjacent to an activating group) is 1. The maximum absolute atomic E-state index is 13.4. The average molecular weight is 514 g/mol. The summed E-state index contributed by atoms with van der Waals surface area (Å²) in [5, 5.41) is 3.39. The SMILES string of the molecule is CCNC(=O)[C@H](C)N(Cc1ccc(Cl)c(Cl)c1)C(=O)CN(c1cc(C)cc(C)c1)S(C)(=O)=O. The molecular weight excluding hydrogens is 485 g/mol. The number of amides is 2. The van der Waals surface area contributed by atoms with Crippen LogP contribution in [0.15, 0.2) is 36.4 Å². The molecule has 0 bridgehead atoms. The number of nitrogens with one attached hydrogen (secondary N) is 1. The van der Waals surface area contributed by atoms with Crippen LogP contribution in [0.3, 0.4) is 0 Å². The van der Waals surface area contributed by atoms with Crippen LogP contribution in [0, 0.1) is 13.8 Å². The molecule has 2 aromatic carbocycles. The third-order valence-electron chi connectivity index (χ3n) is 5.03. The van der Waals surface area contributed by atoms with Crippen molar-refractivity contribution in [3.63, 3.8) is 0 Å². The summed E-state index contributed by atoms with van der Waals surface area (Å²) in [7, 11) is -3.77. The fraction of sp³-hybridized carbons (Fsp3) is 0.391. The van der Waals surface area contributed by atoms with Gasteiger partial charge in [0.05, 0.1) is 22.0 Å². The Morgan fingerprint density at radius 3 is 2.15 bits per heavy atom. The van der Waals surface area contributed by atoms with Crippen molar-refractivity contribution in [3.05, 3.63) is 63.1 Å². The summed E-state index contributed by atoms with van der Waals surface area (Å²) in [5.74, 6) is -0.868. The van der Waals surface area contributed by atoms with E-state index >= 15 is 0 Å². The molecule has 10 heteroatoms. The molecule has 2 rings (SSSR count). The van der Waals surface area contributed by atoms with E-state index in [-0.39, 0.29) is 12.5 Å². The van der Waals surface area contributed by atoms with Crippen LogP contribution in [0.1, 0.15) is 30.5 Å². The first-order valence-electron chi connectivity index (χ1n) is 10.4. The van der Waals surface area contributed by atoms with Gasteiger partial charge in [-0.25, -0.2) is 8.42 Å². The Balaban J connectivity index is 2.43. The van der Waals surface area contributed by atoms with Gasteiger partial charge in [0.1, 0.15) is 12.6 Å². The molecule has 0 radical (unpaired) electrons. The first-order valence-corrected chi connectivity index (χ1v) is 13.0. The second-order valence-corrected chi connectivity index (χ2v) is 10.7. The second-order valence-electron chi connectivity index (χ2n) is 7.96. The molecule has 0 unspecified atom stereocenters. The van der Waals surface area contributed by atoms with Crippen LogP contribution in [0.4, 0.5) is 5.69 Å². The zero-order valence-electron chi connectivity index (χ0n) is 19.4. The van der Waals surface area contributed by atoms with Gasteiger partial charge in [0, 0.05) is 13.1 Å². The van der Waals surface area contributed by atoms with Crippen molar-refractivity contribution >= 4 is 50.7 Å². The lowest BCUT2D eigenvalue weighted by Crippen LogP contribution is -2.51. The van der Waals surface area contributed by atoms with E-state index in [1.807, 2.05) is 19.9 Å². The molecule has 0 saturated heterocycles. The van der Waals surface area contributed by atoms with Crippen LogP contribution in [-0.4, -0.2) is 50.5 Å².